The zero-order valence-electron chi connectivity index (χ0n) is 17.4. The van der Waals surface area contributed by atoms with E-state index in [1.54, 1.807) is 11.3 Å². The van der Waals surface area contributed by atoms with Crippen molar-refractivity contribution in [2.75, 3.05) is 39.4 Å². The van der Waals surface area contributed by atoms with Crippen molar-refractivity contribution in [1.82, 2.24) is 19.9 Å². The maximum Gasteiger partial charge on any atom is 0.241 e. The lowest BCUT2D eigenvalue weighted by atomic mass is 9.73. The Balaban J connectivity index is 1.23. The minimum atomic E-state index is -0.468. The van der Waals surface area contributed by atoms with Gasteiger partial charge in [-0.2, -0.15) is 4.98 Å². The maximum absolute atomic E-state index is 13.7. The van der Waals surface area contributed by atoms with Crippen LogP contribution in [0.25, 0.3) is 10.7 Å². The third-order valence-corrected chi connectivity index (χ3v) is 7.18. The number of piperazine rings is 1. The molecule has 2 aliphatic rings. The molecule has 31 heavy (non-hydrogen) atoms. The Morgan fingerprint density at radius 1 is 1.03 bits per heavy atom. The zero-order chi connectivity index (χ0) is 21.1. The van der Waals surface area contributed by atoms with Gasteiger partial charge in [0.15, 0.2) is 0 Å². The predicted molar refractivity (Wildman–Crippen MR) is 118 cm³/mol. The topological polar surface area (TPSA) is 71.7 Å². The number of thiophene rings is 1. The number of carbonyl (C=O) groups is 1. The van der Waals surface area contributed by atoms with Gasteiger partial charge in [0.2, 0.25) is 17.6 Å². The van der Waals surface area contributed by atoms with E-state index >= 15 is 0 Å². The molecule has 1 amide bonds. The van der Waals surface area contributed by atoms with E-state index in [-0.39, 0.29) is 5.91 Å². The molecule has 4 heterocycles. The molecule has 0 radical (unpaired) electrons. The number of amides is 1. The van der Waals surface area contributed by atoms with E-state index in [2.05, 4.69) is 27.2 Å². The third-order valence-electron chi connectivity index (χ3n) is 6.31. The molecule has 1 aromatic carbocycles. The second-order valence-corrected chi connectivity index (χ2v) is 9.07. The number of rotatable bonds is 5. The highest BCUT2D eigenvalue weighted by molar-refractivity contribution is 7.13. The molecule has 8 heteroatoms. The number of ether oxygens (including phenoxy) is 1. The van der Waals surface area contributed by atoms with Gasteiger partial charge in [-0.15, -0.1) is 11.3 Å². The standard InChI is InChI=1S/C23H26N4O3S/c28-22(23(8-14-29-15-9-23)18-5-2-1-3-6-18)27-12-10-26(11-13-27)17-20-24-21(25-30-20)19-7-4-16-31-19/h1-7,16H,8-15,17H2. The molecule has 2 aliphatic heterocycles. The van der Waals surface area contributed by atoms with Gasteiger partial charge in [-0.05, 0) is 29.9 Å². The summed E-state index contributed by atoms with van der Waals surface area (Å²) in [4.78, 5) is 23.5. The largest absolute Gasteiger partial charge is 0.381 e. The van der Waals surface area contributed by atoms with Crippen LogP contribution in [0.3, 0.4) is 0 Å². The van der Waals surface area contributed by atoms with Crippen LogP contribution < -0.4 is 0 Å². The molecule has 0 unspecified atom stereocenters. The Kier molecular flexibility index (Phi) is 5.85. The monoisotopic (exact) mass is 438 g/mol. The molecule has 0 atom stereocenters. The van der Waals surface area contributed by atoms with Crippen molar-refractivity contribution in [3.63, 3.8) is 0 Å². The van der Waals surface area contributed by atoms with Gasteiger partial charge in [0.25, 0.3) is 0 Å². The molecule has 2 fully saturated rings. The van der Waals surface area contributed by atoms with E-state index in [1.807, 2.05) is 40.6 Å². The van der Waals surface area contributed by atoms with Crippen LogP contribution in [0.1, 0.15) is 24.3 Å². The lowest BCUT2D eigenvalue weighted by Gasteiger charge is -2.43. The molecule has 2 aromatic heterocycles. The summed E-state index contributed by atoms with van der Waals surface area (Å²) >= 11 is 1.60. The first-order valence-electron chi connectivity index (χ1n) is 10.8. The van der Waals surface area contributed by atoms with E-state index < -0.39 is 5.41 Å². The predicted octanol–water partition coefficient (Wildman–Crippen LogP) is 3.19. The average Bonchev–Trinajstić information content (AvgIpc) is 3.52. The van der Waals surface area contributed by atoms with Crippen LogP contribution >= 0.6 is 11.3 Å². The fraction of sp³-hybridized carbons (Fsp3) is 0.435. The fourth-order valence-electron chi connectivity index (χ4n) is 4.53. The molecule has 7 nitrogen and oxygen atoms in total. The van der Waals surface area contributed by atoms with Crippen LogP contribution in [0.15, 0.2) is 52.4 Å². The summed E-state index contributed by atoms with van der Waals surface area (Å²) in [6, 6.07) is 14.2. The van der Waals surface area contributed by atoms with Gasteiger partial charge >= 0.3 is 0 Å². The van der Waals surface area contributed by atoms with Crippen LogP contribution in [0.4, 0.5) is 0 Å². The highest BCUT2D eigenvalue weighted by atomic mass is 32.1. The summed E-state index contributed by atoms with van der Waals surface area (Å²) in [6.45, 7) is 4.88. The molecule has 0 spiro atoms. The molecule has 3 aromatic rings. The summed E-state index contributed by atoms with van der Waals surface area (Å²) < 4.78 is 11.0. The molecule has 2 saturated heterocycles. The van der Waals surface area contributed by atoms with Crippen molar-refractivity contribution in [2.45, 2.75) is 24.8 Å². The quantitative estimate of drug-likeness (QED) is 0.609. The normalized spacial score (nSPS) is 19.4. The van der Waals surface area contributed by atoms with Gasteiger partial charge in [-0.3, -0.25) is 9.69 Å². The van der Waals surface area contributed by atoms with Gasteiger partial charge in [-0.25, -0.2) is 0 Å². The second kappa shape index (κ2) is 8.90. The van der Waals surface area contributed by atoms with Gasteiger partial charge < -0.3 is 14.2 Å². The van der Waals surface area contributed by atoms with Crippen molar-refractivity contribution < 1.29 is 14.1 Å². The van der Waals surface area contributed by atoms with E-state index in [1.165, 1.54) is 0 Å². The van der Waals surface area contributed by atoms with Crippen LogP contribution in [0.2, 0.25) is 0 Å². The Morgan fingerprint density at radius 2 is 1.81 bits per heavy atom. The van der Waals surface area contributed by atoms with E-state index in [9.17, 15) is 4.79 Å². The minimum absolute atomic E-state index is 0.236. The van der Waals surface area contributed by atoms with Gasteiger partial charge in [0, 0.05) is 39.4 Å². The Morgan fingerprint density at radius 3 is 2.52 bits per heavy atom. The summed E-state index contributed by atoms with van der Waals surface area (Å²) in [5, 5.41) is 6.09. The summed E-state index contributed by atoms with van der Waals surface area (Å²) in [5.41, 5.74) is 0.641. The van der Waals surface area contributed by atoms with Crippen LogP contribution in [0.5, 0.6) is 0 Å². The number of nitrogens with zero attached hydrogens (tertiary/aromatic N) is 4. The minimum Gasteiger partial charge on any atom is -0.381 e. The first kappa shape index (κ1) is 20.4. The first-order valence-corrected chi connectivity index (χ1v) is 11.6. The third kappa shape index (κ3) is 4.15. The molecular weight excluding hydrogens is 412 g/mol. The average molecular weight is 439 g/mol. The van der Waals surface area contributed by atoms with Crippen molar-refractivity contribution in [1.29, 1.82) is 0 Å². The van der Waals surface area contributed by atoms with Crippen LogP contribution in [-0.2, 0) is 21.5 Å². The van der Waals surface area contributed by atoms with E-state index in [0.29, 0.717) is 44.6 Å². The number of aromatic nitrogens is 2. The molecule has 5 rings (SSSR count). The first-order chi connectivity index (χ1) is 15.2. The smallest absolute Gasteiger partial charge is 0.241 e. The number of carbonyl (C=O) groups excluding carboxylic acids is 1. The molecule has 0 N–H and O–H groups in total. The van der Waals surface area contributed by atoms with Crippen molar-refractivity contribution >= 4 is 17.2 Å². The van der Waals surface area contributed by atoms with Crippen molar-refractivity contribution in [3.8, 4) is 10.7 Å². The van der Waals surface area contributed by atoms with Crippen LogP contribution in [-0.4, -0.2) is 65.2 Å². The van der Waals surface area contributed by atoms with Gasteiger partial charge in [-0.1, -0.05) is 41.6 Å². The van der Waals surface area contributed by atoms with Crippen molar-refractivity contribution in [2.24, 2.45) is 0 Å². The lowest BCUT2D eigenvalue weighted by Crippen LogP contribution is -2.55. The van der Waals surface area contributed by atoms with E-state index in [0.717, 1.165) is 36.4 Å². The second-order valence-electron chi connectivity index (χ2n) is 8.12. The Bertz CT molecular complexity index is 991. The van der Waals surface area contributed by atoms with Gasteiger partial charge in [0.05, 0.1) is 16.8 Å². The zero-order valence-corrected chi connectivity index (χ0v) is 18.2. The fourth-order valence-corrected chi connectivity index (χ4v) is 5.18. The van der Waals surface area contributed by atoms with Gasteiger partial charge in [0.1, 0.15) is 0 Å². The highest BCUT2D eigenvalue weighted by Crippen LogP contribution is 2.37. The summed E-state index contributed by atoms with van der Waals surface area (Å²) in [6.07, 6.45) is 1.48. The summed E-state index contributed by atoms with van der Waals surface area (Å²) in [7, 11) is 0. The molecule has 0 aliphatic carbocycles. The Hall–Kier alpha value is -2.55. The highest BCUT2D eigenvalue weighted by Gasteiger charge is 2.44. The maximum atomic E-state index is 13.7. The summed E-state index contributed by atoms with van der Waals surface area (Å²) in [5.74, 6) is 1.50. The molecule has 0 saturated carbocycles. The SMILES string of the molecule is O=C(N1CCN(Cc2nc(-c3cccs3)no2)CC1)C1(c2ccccc2)CCOCC1. The lowest BCUT2D eigenvalue weighted by molar-refractivity contribution is -0.143. The van der Waals surface area contributed by atoms with E-state index in [4.69, 9.17) is 9.26 Å². The molecule has 0 bridgehead atoms. The van der Waals surface area contributed by atoms with Crippen LogP contribution in [0, 0.1) is 0 Å². The van der Waals surface area contributed by atoms with Crippen molar-refractivity contribution in [3.05, 3.63) is 59.3 Å². The number of hydrogen-bond donors (Lipinski definition) is 0. The number of benzene rings is 1. The molecule has 162 valence electrons. The Labute approximate surface area is 185 Å². The number of hydrogen-bond acceptors (Lipinski definition) is 7. The molecular formula is C23H26N4O3S.